The van der Waals surface area contributed by atoms with Crippen LogP contribution in [0.2, 0.25) is 0 Å². The summed E-state index contributed by atoms with van der Waals surface area (Å²) in [6, 6.07) is 28.6. The summed E-state index contributed by atoms with van der Waals surface area (Å²) in [6.07, 6.45) is 0.798. The van der Waals surface area contributed by atoms with Crippen molar-refractivity contribution >= 4 is 17.4 Å². The van der Waals surface area contributed by atoms with Crippen molar-refractivity contribution in [2.45, 2.75) is 18.5 Å². The molecule has 2 aliphatic heterocycles. The minimum Gasteiger partial charge on any atom is -0.332 e. The van der Waals surface area contributed by atoms with E-state index in [2.05, 4.69) is 35.6 Å². The Labute approximate surface area is 164 Å². The molecule has 0 aliphatic carbocycles. The first kappa shape index (κ1) is 16.8. The summed E-state index contributed by atoms with van der Waals surface area (Å²) >= 11 is 0. The van der Waals surface area contributed by atoms with Gasteiger partial charge in [0.25, 0.3) is 0 Å². The van der Waals surface area contributed by atoms with Crippen LogP contribution in [0.15, 0.2) is 89.9 Å². The number of benzene rings is 3. The number of carbonyl (C=O) groups is 1. The first-order valence-electron chi connectivity index (χ1n) is 9.64. The zero-order chi connectivity index (χ0) is 18.9. The van der Waals surface area contributed by atoms with Gasteiger partial charge in [0.2, 0.25) is 0 Å². The molecule has 5 rings (SSSR count). The average molecular weight is 367 g/mol. The average Bonchev–Trinajstić information content (AvgIpc) is 2.94. The number of para-hydroxylation sites is 1. The van der Waals surface area contributed by atoms with E-state index in [0.717, 1.165) is 28.9 Å². The molecule has 0 aromatic heterocycles. The molecule has 0 saturated carbocycles. The number of fused-ring (bicyclic) bond motifs is 3. The molecular formula is C24H21N3O. The van der Waals surface area contributed by atoms with Crippen LogP contribution in [0.4, 0.5) is 10.5 Å². The standard InChI is InChI=1S/C24H21N3O/c28-24-26-20(15-17-9-3-1-4-10-17)22-16-25-23(18-11-5-2-6-12-18)19-13-7-8-14-21(19)27(22)24/h1-14,20,22H,15-16H2,(H,26,28)/t20-,22+/m0/s1. The summed E-state index contributed by atoms with van der Waals surface area (Å²) in [6.45, 7) is 0.579. The Kier molecular flexibility index (Phi) is 4.17. The van der Waals surface area contributed by atoms with Gasteiger partial charge in [-0.05, 0) is 18.1 Å². The van der Waals surface area contributed by atoms with Crippen molar-refractivity contribution < 1.29 is 4.79 Å². The van der Waals surface area contributed by atoms with Gasteiger partial charge in [-0.1, -0.05) is 78.9 Å². The van der Waals surface area contributed by atoms with Gasteiger partial charge in [-0.2, -0.15) is 0 Å². The molecule has 28 heavy (non-hydrogen) atoms. The number of rotatable bonds is 3. The van der Waals surface area contributed by atoms with Crippen LogP contribution < -0.4 is 10.2 Å². The monoisotopic (exact) mass is 367 g/mol. The zero-order valence-electron chi connectivity index (χ0n) is 15.5. The van der Waals surface area contributed by atoms with Crippen LogP contribution in [-0.4, -0.2) is 30.4 Å². The van der Waals surface area contributed by atoms with Gasteiger partial charge < -0.3 is 5.32 Å². The number of nitrogens with zero attached hydrogens (tertiary/aromatic N) is 2. The van der Waals surface area contributed by atoms with E-state index in [9.17, 15) is 4.79 Å². The van der Waals surface area contributed by atoms with Gasteiger partial charge in [-0.25, -0.2) is 4.79 Å². The fraction of sp³-hybridized carbons (Fsp3) is 0.167. The molecule has 4 nitrogen and oxygen atoms in total. The lowest BCUT2D eigenvalue weighted by molar-refractivity contribution is 0.250. The quantitative estimate of drug-likeness (QED) is 0.746. The highest BCUT2D eigenvalue weighted by atomic mass is 16.2. The number of nitrogens with one attached hydrogen (secondary N) is 1. The van der Waals surface area contributed by atoms with Crippen molar-refractivity contribution in [3.8, 4) is 0 Å². The number of carbonyl (C=O) groups excluding carboxylic acids is 1. The molecule has 0 bridgehead atoms. The fourth-order valence-electron chi connectivity index (χ4n) is 4.20. The Morgan fingerprint density at radius 3 is 2.36 bits per heavy atom. The van der Waals surface area contributed by atoms with Crippen LogP contribution in [0, 0.1) is 0 Å². The zero-order valence-corrected chi connectivity index (χ0v) is 15.5. The maximum Gasteiger partial charge on any atom is 0.322 e. The second kappa shape index (κ2) is 6.97. The summed E-state index contributed by atoms with van der Waals surface area (Å²) in [5.41, 5.74) is 5.19. The molecule has 2 atom stereocenters. The third kappa shape index (κ3) is 2.87. The third-order valence-corrected chi connectivity index (χ3v) is 5.52. The number of amides is 2. The van der Waals surface area contributed by atoms with Crippen LogP contribution in [0.1, 0.15) is 16.7 Å². The molecule has 4 heteroatoms. The molecule has 3 aromatic carbocycles. The molecule has 0 spiro atoms. The minimum absolute atomic E-state index is 0.00457. The lowest BCUT2D eigenvalue weighted by Crippen LogP contribution is -2.40. The Bertz CT molecular complexity index is 1030. The molecule has 2 aliphatic rings. The molecule has 0 radical (unpaired) electrons. The topological polar surface area (TPSA) is 44.7 Å². The highest BCUT2D eigenvalue weighted by Crippen LogP contribution is 2.33. The molecule has 1 fully saturated rings. The van der Waals surface area contributed by atoms with E-state index >= 15 is 0 Å². The summed E-state index contributed by atoms with van der Waals surface area (Å²) in [5, 5.41) is 3.19. The van der Waals surface area contributed by atoms with Crippen molar-refractivity contribution in [2.24, 2.45) is 4.99 Å². The van der Waals surface area contributed by atoms with Gasteiger partial charge in [0.05, 0.1) is 30.0 Å². The summed E-state index contributed by atoms with van der Waals surface area (Å²) < 4.78 is 0. The normalized spacial score (nSPS) is 20.6. The van der Waals surface area contributed by atoms with Crippen molar-refractivity contribution in [1.82, 2.24) is 5.32 Å². The van der Waals surface area contributed by atoms with E-state index in [1.807, 2.05) is 59.5 Å². The Balaban J connectivity index is 1.57. The van der Waals surface area contributed by atoms with Crippen LogP contribution >= 0.6 is 0 Å². The molecular weight excluding hydrogens is 346 g/mol. The lowest BCUT2D eigenvalue weighted by atomic mass is 9.99. The van der Waals surface area contributed by atoms with Crippen molar-refractivity contribution in [1.29, 1.82) is 0 Å². The minimum atomic E-state index is -0.0390. The molecule has 0 unspecified atom stereocenters. The van der Waals surface area contributed by atoms with Crippen molar-refractivity contribution in [2.75, 3.05) is 11.4 Å². The highest BCUT2D eigenvalue weighted by Gasteiger charge is 2.42. The van der Waals surface area contributed by atoms with Gasteiger partial charge >= 0.3 is 6.03 Å². The van der Waals surface area contributed by atoms with Crippen molar-refractivity contribution in [3.05, 3.63) is 102 Å². The van der Waals surface area contributed by atoms with Gasteiger partial charge in [-0.3, -0.25) is 9.89 Å². The number of hydrogen-bond acceptors (Lipinski definition) is 2. The molecule has 1 N–H and O–H groups in total. The van der Waals surface area contributed by atoms with E-state index in [4.69, 9.17) is 4.99 Å². The van der Waals surface area contributed by atoms with Gasteiger partial charge in [0, 0.05) is 11.1 Å². The largest absolute Gasteiger partial charge is 0.332 e. The SMILES string of the molecule is O=C1N[C@@H](Cc2ccccc2)[C@H]2CN=C(c3ccccc3)c3ccccc3N12. The Hall–Kier alpha value is -3.40. The van der Waals surface area contributed by atoms with Gasteiger partial charge in [0.15, 0.2) is 0 Å². The second-order valence-corrected chi connectivity index (χ2v) is 7.26. The van der Waals surface area contributed by atoms with E-state index in [-0.39, 0.29) is 18.1 Å². The molecule has 1 saturated heterocycles. The predicted molar refractivity (Wildman–Crippen MR) is 112 cm³/mol. The van der Waals surface area contributed by atoms with E-state index in [0.29, 0.717) is 6.54 Å². The number of aliphatic imine (C=N–C) groups is 1. The molecule has 2 heterocycles. The molecule has 3 aromatic rings. The number of hydrogen-bond donors (Lipinski definition) is 1. The predicted octanol–water partition coefficient (Wildman–Crippen LogP) is 4.05. The fourth-order valence-corrected chi connectivity index (χ4v) is 4.20. The van der Waals surface area contributed by atoms with E-state index < -0.39 is 0 Å². The van der Waals surface area contributed by atoms with Crippen LogP contribution in [0.3, 0.4) is 0 Å². The first-order chi connectivity index (χ1) is 13.8. The number of urea groups is 1. The summed E-state index contributed by atoms with van der Waals surface area (Å²) in [4.78, 5) is 19.8. The maximum atomic E-state index is 12.9. The van der Waals surface area contributed by atoms with Crippen LogP contribution in [0.5, 0.6) is 0 Å². The first-order valence-corrected chi connectivity index (χ1v) is 9.64. The van der Waals surface area contributed by atoms with Crippen LogP contribution in [-0.2, 0) is 6.42 Å². The smallest absolute Gasteiger partial charge is 0.322 e. The number of anilines is 1. The Morgan fingerprint density at radius 1 is 0.893 bits per heavy atom. The van der Waals surface area contributed by atoms with Gasteiger partial charge in [-0.15, -0.1) is 0 Å². The van der Waals surface area contributed by atoms with Crippen molar-refractivity contribution in [3.63, 3.8) is 0 Å². The molecule has 138 valence electrons. The third-order valence-electron chi connectivity index (χ3n) is 5.52. The summed E-state index contributed by atoms with van der Waals surface area (Å²) in [5.74, 6) is 0. The highest BCUT2D eigenvalue weighted by molar-refractivity contribution is 6.18. The maximum absolute atomic E-state index is 12.9. The van der Waals surface area contributed by atoms with Crippen LogP contribution in [0.25, 0.3) is 0 Å². The molecule has 2 amide bonds. The second-order valence-electron chi connectivity index (χ2n) is 7.26. The van der Waals surface area contributed by atoms with E-state index in [1.165, 1.54) is 5.56 Å². The van der Waals surface area contributed by atoms with Gasteiger partial charge in [0.1, 0.15) is 0 Å². The Morgan fingerprint density at radius 2 is 1.57 bits per heavy atom. The van der Waals surface area contributed by atoms with E-state index in [1.54, 1.807) is 0 Å². The summed E-state index contributed by atoms with van der Waals surface area (Å²) in [7, 11) is 0. The lowest BCUT2D eigenvalue weighted by Gasteiger charge is -2.24.